The fourth-order valence-electron chi connectivity index (χ4n) is 1.55. The average molecular weight is 262 g/mol. The molecule has 0 spiro atoms. The van der Waals surface area contributed by atoms with Crippen LogP contribution in [0.4, 0.5) is 5.82 Å². The number of aromatic nitrogens is 4. The van der Waals surface area contributed by atoms with Crippen molar-refractivity contribution in [3.63, 3.8) is 0 Å². The highest BCUT2D eigenvalue weighted by Gasteiger charge is 2.04. The van der Waals surface area contributed by atoms with E-state index in [1.54, 1.807) is 17.1 Å². The second kappa shape index (κ2) is 5.09. The third-order valence-electron chi connectivity index (χ3n) is 2.48. The molecule has 0 aliphatic carbocycles. The van der Waals surface area contributed by atoms with E-state index in [4.69, 9.17) is 18.0 Å². The lowest BCUT2D eigenvalue weighted by Gasteiger charge is -2.04. The number of hydrogen-bond donors (Lipinski definition) is 2. The summed E-state index contributed by atoms with van der Waals surface area (Å²) in [6.07, 6.45) is 5.14. The molecule has 0 radical (unpaired) electrons. The summed E-state index contributed by atoms with van der Waals surface area (Å²) in [5, 5.41) is 7.44. The molecule has 2 aromatic heterocycles. The van der Waals surface area contributed by atoms with Crippen LogP contribution in [-0.2, 0) is 13.6 Å². The summed E-state index contributed by atoms with van der Waals surface area (Å²) < 4.78 is 1.79. The summed E-state index contributed by atoms with van der Waals surface area (Å²) in [7, 11) is 1.90. The summed E-state index contributed by atoms with van der Waals surface area (Å²) in [6.45, 7) is 2.62. The number of rotatable bonds is 4. The molecule has 0 bridgehead atoms. The van der Waals surface area contributed by atoms with E-state index in [0.717, 1.165) is 11.3 Å². The zero-order chi connectivity index (χ0) is 13.1. The Kier molecular flexibility index (Phi) is 3.52. The van der Waals surface area contributed by atoms with Crippen molar-refractivity contribution in [1.82, 2.24) is 19.7 Å². The van der Waals surface area contributed by atoms with Gasteiger partial charge in [-0.2, -0.15) is 5.10 Å². The van der Waals surface area contributed by atoms with Crippen LogP contribution in [0.25, 0.3) is 0 Å². The predicted molar refractivity (Wildman–Crippen MR) is 73.2 cm³/mol. The first-order valence-electron chi connectivity index (χ1n) is 5.41. The quantitative estimate of drug-likeness (QED) is 0.792. The number of aryl methyl sites for hydroxylation is 2. The second-order valence-electron chi connectivity index (χ2n) is 3.92. The molecule has 6 nitrogen and oxygen atoms in total. The van der Waals surface area contributed by atoms with Crippen LogP contribution < -0.4 is 11.1 Å². The van der Waals surface area contributed by atoms with Crippen LogP contribution in [0.15, 0.2) is 18.6 Å². The highest BCUT2D eigenvalue weighted by molar-refractivity contribution is 7.80. The fourth-order valence-corrected chi connectivity index (χ4v) is 1.66. The maximum Gasteiger partial charge on any atom is 0.144 e. The molecule has 0 aromatic carbocycles. The van der Waals surface area contributed by atoms with Crippen molar-refractivity contribution in [2.75, 3.05) is 5.32 Å². The van der Waals surface area contributed by atoms with Gasteiger partial charge in [-0.15, -0.1) is 0 Å². The molecule has 2 rings (SSSR count). The standard InChI is InChI=1S/C11H14N6S/c1-7-8(6-17(2)16-7)3-14-10-5-13-9(4-15-10)11(12)18/h4-6H,3H2,1-2H3,(H2,12,18)(H,14,15). The van der Waals surface area contributed by atoms with Gasteiger partial charge in [0.25, 0.3) is 0 Å². The van der Waals surface area contributed by atoms with Crippen LogP contribution >= 0.6 is 12.2 Å². The molecule has 0 fully saturated rings. The Morgan fingerprint density at radius 1 is 1.44 bits per heavy atom. The van der Waals surface area contributed by atoms with Crippen molar-refractivity contribution in [3.8, 4) is 0 Å². The summed E-state index contributed by atoms with van der Waals surface area (Å²) in [5.74, 6) is 0.679. The van der Waals surface area contributed by atoms with Gasteiger partial charge >= 0.3 is 0 Å². The van der Waals surface area contributed by atoms with Crippen LogP contribution in [0, 0.1) is 6.92 Å². The molecule has 0 saturated carbocycles. The molecular formula is C11H14N6S. The van der Waals surface area contributed by atoms with E-state index in [1.165, 1.54) is 0 Å². The molecular weight excluding hydrogens is 248 g/mol. The van der Waals surface area contributed by atoms with E-state index < -0.39 is 0 Å². The maximum atomic E-state index is 5.45. The zero-order valence-electron chi connectivity index (χ0n) is 10.2. The van der Waals surface area contributed by atoms with Gasteiger partial charge in [-0.3, -0.25) is 4.68 Å². The van der Waals surface area contributed by atoms with Gasteiger partial charge in [0.15, 0.2) is 0 Å². The first kappa shape index (κ1) is 12.4. The second-order valence-corrected chi connectivity index (χ2v) is 4.36. The molecule has 0 amide bonds. The first-order chi connectivity index (χ1) is 8.56. The van der Waals surface area contributed by atoms with Crippen LogP contribution in [0.1, 0.15) is 17.0 Å². The first-order valence-corrected chi connectivity index (χ1v) is 5.82. The minimum atomic E-state index is 0.247. The van der Waals surface area contributed by atoms with E-state index in [9.17, 15) is 0 Å². The lowest BCUT2D eigenvalue weighted by atomic mass is 10.2. The molecule has 3 N–H and O–H groups in total. The number of anilines is 1. The topological polar surface area (TPSA) is 81.7 Å². The van der Waals surface area contributed by atoms with Crippen molar-refractivity contribution >= 4 is 23.0 Å². The van der Waals surface area contributed by atoms with Crippen molar-refractivity contribution in [1.29, 1.82) is 0 Å². The van der Waals surface area contributed by atoms with Gasteiger partial charge in [-0.05, 0) is 6.92 Å². The van der Waals surface area contributed by atoms with E-state index >= 15 is 0 Å². The molecule has 2 heterocycles. The molecule has 94 valence electrons. The number of thiocarbonyl (C=S) groups is 1. The van der Waals surface area contributed by atoms with Crippen molar-refractivity contribution in [2.45, 2.75) is 13.5 Å². The monoisotopic (exact) mass is 262 g/mol. The Bertz CT molecular complexity index is 559. The lowest BCUT2D eigenvalue weighted by molar-refractivity contribution is 0.756. The fraction of sp³-hybridized carbons (Fsp3) is 0.273. The molecule has 7 heteroatoms. The maximum absolute atomic E-state index is 5.45. The summed E-state index contributed by atoms with van der Waals surface area (Å²) in [6, 6.07) is 0. The van der Waals surface area contributed by atoms with E-state index in [2.05, 4.69) is 20.4 Å². The van der Waals surface area contributed by atoms with Gasteiger partial charge in [0.1, 0.15) is 16.5 Å². The van der Waals surface area contributed by atoms with E-state index in [-0.39, 0.29) is 4.99 Å². The number of nitrogens with two attached hydrogens (primary N) is 1. The SMILES string of the molecule is Cc1nn(C)cc1CNc1cnc(C(N)=S)cn1. The molecule has 0 unspecified atom stereocenters. The molecule has 2 aromatic rings. The third kappa shape index (κ3) is 2.80. The Morgan fingerprint density at radius 3 is 2.72 bits per heavy atom. The highest BCUT2D eigenvalue weighted by atomic mass is 32.1. The number of nitrogens with zero attached hydrogens (tertiary/aromatic N) is 4. The van der Waals surface area contributed by atoms with Gasteiger partial charge in [0.2, 0.25) is 0 Å². The van der Waals surface area contributed by atoms with Crippen LogP contribution in [0.5, 0.6) is 0 Å². The Hall–Kier alpha value is -2.02. The highest BCUT2D eigenvalue weighted by Crippen LogP contribution is 2.08. The summed E-state index contributed by atoms with van der Waals surface area (Å²) in [5.41, 5.74) is 8.09. The Balaban J connectivity index is 2.02. The third-order valence-corrected chi connectivity index (χ3v) is 2.69. The minimum absolute atomic E-state index is 0.247. The molecule has 0 aliphatic heterocycles. The van der Waals surface area contributed by atoms with Crippen molar-refractivity contribution < 1.29 is 0 Å². The van der Waals surface area contributed by atoms with Gasteiger partial charge in [-0.1, -0.05) is 12.2 Å². The summed E-state index contributed by atoms with van der Waals surface area (Å²) >= 11 is 4.81. The molecule has 0 saturated heterocycles. The largest absolute Gasteiger partial charge is 0.388 e. The van der Waals surface area contributed by atoms with E-state index in [1.807, 2.05) is 20.2 Å². The Morgan fingerprint density at radius 2 is 2.22 bits per heavy atom. The van der Waals surface area contributed by atoms with Gasteiger partial charge in [0.05, 0.1) is 18.1 Å². The van der Waals surface area contributed by atoms with Gasteiger partial charge < -0.3 is 11.1 Å². The van der Waals surface area contributed by atoms with Crippen molar-refractivity contribution in [3.05, 3.63) is 35.5 Å². The van der Waals surface area contributed by atoms with Crippen LogP contribution in [0.2, 0.25) is 0 Å². The predicted octanol–water partition coefficient (Wildman–Crippen LogP) is 0.765. The number of hydrogen-bond acceptors (Lipinski definition) is 5. The zero-order valence-corrected chi connectivity index (χ0v) is 11.0. The molecule has 18 heavy (non-hydrogen) atoms. The Labute approximate surface area is 110 Å². The lowest BCUT2D eigenvalue weighted by Crippen LogP contribution is -2.12. The van der Waals surface area contributed by atoms with Gasteiger partial charge in [-0.25, -0.2) is 9.97 Å². The smallest absolute Gasteiger partial charge is 0.144 e. The molecule has 0 atom stereocenters. The van der Waals surface area contributed by atoms with Crippen molar-refractivity contribution in [2.24, 2.45) is 12.8 Å². The van der Waals surface area contributed by atoms with Crippen LogP contribution in [0.3, 0.4) is 0 Å². The molecule has 0 aliphatic rings. The van der Waals surface area contributed by atoms with Gasteiger partial charge in [0, 0.05) is 25.4 Å². The normalized spacial score (nSPS) is 10.3. The van der Waals surface area contributed by atoms with Crippen LogP contribution in [-0.4, -0.2) is 24.7 Å². The average Bonchev–Trinajstić information content (AvgIpc) is 2.66. The summed E-state index contributed by atoms with van der Waals surface area (Å²) in [4.78, 5) is 8.54. The van der Waals surface area contributed by atoms with E-state index in [0.29, 0.717) is 18.1 Å². The minimum Gasteiger partial charge on any atom is -0.388 e. The number of nitrogens with one attached hydrogen (secondary N) is 1.